The van der Waals surface area contributed by atoms with E-state index in [9.17, 15) is 5.26 Å². The number of halogens is 1. The summed E-state index contributed by atoms with van der Waals surface area (Å²) in [5.41, 5.74) is 5.43. The number of nitrogens with one attached hydrogen (secondary N) is 2. The van der Waals surface area contributed by atoms with Gasteiger partial charge in [-0.1, -0.05) is 43.7 Å². The van der Waals surface area contributed by atoms with Gasteiger partial charge in [0.2, 0.25) is 0 Å². The third-order valence-electron chi connectivity index (χ3n) is 6.69. The number of nitriles is 1. The molecule has 2 N–H and O–H groups in total. The molecule has 38 heavy (non-hydrogen) atoms. The zero-order chi connectivity index (χ0) is 26.4. The minimum absolute atomic E-state index is 0.0182. The number of imidazole rings is 1. The molecule has 0 radical (unpaired) electrons. The predicted molar refractivity (Wildman–Crippen MR) is 148 cm³/mol. The molecular formula is C28H28ClN9. The fourth-order valence-corrected chi connectivity index (χ4v) is 4.87. The van der Waals surface area contributed by atoms with Crippen molar-refractivity contribution in [1.29, 1.82) is 5.26 Å². The third kappa shape index (κ3) is 4.63. The first-order valence-electron chi connectivity index (χ1n) is 12.7. The summed E-state index contributed by atoms with van der Waals surface area (Å²) in [6.45, 7) is 7.12. The molecule has 1 aromatic carbocycles. The molecule has 192 valence electrons. The Morgan fingerprint density at radius 1 is 1.24 bits per heavy atom. The fraction of sp³-hybridized carbons (Fsp3) is 0.321. The largest absolute Gasteiger partial charge is 0.383 e. The molecule has 0 saturated heterocycles. The van der Waals surface area contributed by atoms with Crippen LogP contribution in [0.25, 0.3) is 16.4 Å². The lowest BCUT2D eigenvalue weighted by Crippen LogP contribution is -2.20. The van der Waals surface area contributed by atoms with Gasteiger partial charge in [0.15, 0.2) is 0 Å². The lowest BCUT2D eigenvalue weighted by molar-refractivity contribution is 0.443. The lowest BCUT2D eigenvalue weighted by atomic mass is 9.96. The van der Waals surface area contributed by atoms with Crippen LogP contribution in [0.2, 0.25) is 5.02 Å². The monoisotopic (exact) mass is 525 g/mol. The van der Waals surface area contributed by atoms with Crippen LogP contribution in [0.5, 0.6) is 0 Å². The molecule has 1 atom stereocenters. The van der Waals surface area contributed by atoms with Crippen LogP contribution in [0, 0.1) is 16.7 Å². The fourth-order valence-electron chi connectivity index (χ4n) is 4.61. The molecule has 0 bridgehead atoms. The quantitative estimate of drug-likeness (QED) is 0.268. The highest BCUT2D eigenvalue weighted by molar-refractivity contribution is 6.35. The third-order valence-corrected chi connectivity index (χ3v) is 6.98. The number of hydrogen-bond donors (Lipinski definition) is 2. The highest BCUT2D eigenvalue weighted by Crippen LogP contribution is 2.38. The molecule has 1 unspecified atom stereocenters. The average Bonchev–Trinajstić information content (AvgIpc) is 3.41. The summed E-state index contributed by atoms with van der Waals surface area (Å²) in [7, 11) is 0. The Balaban J connectivity index is 1.46. The summed E-state index contributed by atoms with van der Waals surface area (Å²) in [5, 5.41) is 27.2. The maximum Gasteiger partial charge on any atom is 0.110 e. The first-order valence-corrected chi connectivity index (χ1v) is 13.0. The summed E-state index contributed by atoms with van der Waals surface area (Å²) in [6.07, 6.45) is 11.4. The molecule has 10 heteroatoms. The van der Waals surface area contributed by atoms with Crippen molar-refractivity contribution < 1.29 is 0 Å². The van der Waals surface area contributed by atoms with Crippen LogP contribution < -0.4 is 10.6 Å². The summed E-state index contributed by atoms with van der Waals surface area (Å²) in [6, 6.07) is 10.3. The summed E-state index contributed by atoms with van der Waals surface area (Å²) in [4.78, 5) is 8.84. The zero-order valence-corrected chi connectivity index (χ0v) is 22.2. The predicted octanol–water partition coefficient (Wildman–Crippen LogP) is 5.99. The molecule has 1 saturated carbocycles. The second-order valence-corrected chi connectivity index (χ2v) is 11.4. The van der Waals surface area contributed by atoms with Crippen LogP contribution in [0.15, 0.2) is 55.4 Å². The average molecular weight is 526 g/mol. The van der Waals surface area contributed by atoms with E-state index < -0.39 is 0 Å². The van der Waals surface area contributed by atoms with Gasteiger partial charge in [0, 0.05) is 35.6 Å². The van der Waals surface area contributed by atoms with E-state index in [-0.39, 0.29) is 11.5 Å². The molecule has 0 amide bonds. The Labute approximate surface area is 225 Å². The molecule has 4 heterocycles. The van der Waals surface area contributed by atoms with Gasteiger partial charge < -0.3 is 15.0 Å². The highest BCUT2D eigenvalue weighted by atomic mass is 35.5. The summed E-state index contributed by atoms with van der Waals surface area (Å²) >= 11 is 6.77. The lowest BCUT2D eigenvalue weighted by Gasteiger charge is -2.22. The molecule has 1 aliphatic carbocycles. The van der Waals surface area contributed by atoms with Gasteiger partial charge in [-0.05, 0) is 36.5 Å². The second kappa shape index (κ2) is 9.30. The Hall–Kier alpha value is -4.16. The van der Waals surface area contributed by atoms with Crippen molar-refractivity contribution >= 4 is 39.4 Å². The number of aromatic nitrogens is 6. The number of benzene rings is 1. The van der Waals surface area contributed by atoms with Crippen molar-refractivity contribution in [3.8, 4) is 6.07 Å². The van der Waals surface area contributed by atoms with Crippen LogP contribution in [-0.4, -0.2) is 35.9 Å². The van der Waals surface area contributed by atoms with Gasteiger partial charge in [-0.15, -0.1) is 5.10 Å². The molecule has 1 fully saturated rings. The van der Waals surface area contributed by atoms with Gasteiger partial charge in [-0.2, -0.15) is 5.26 Å². The first-order chi connectivity index (χ1) is 18.3. The van der Waals surface area contributed by atoms with Crippen molar-refractivity contribution in [2.75, 3.05) is 17.2 Å². The molecule has 1 aliphatic rings. The Bertz CT molecular complexity index is 1680. The SMILES string of the molecule is CC(C)(C)CNc1c(C#N)cnc2c(Cl)cc(NC(c3cn(C4CC4)nn3)c3cccn4cncc34)cc12. The smallest absolute Gasteiger partial charge is 0.110 e. The van der Waals surface area contributed by atoms with E-state index in [0.29, 0.717) is 28.7 Å². The number of anilines is 2. The number of nitrogens with zero attached hydrogens (tertiary/aromatic N) is 7. The van der Waals surface area contributed by atoms with Gasteiger partial charge >= 0.3 is 0 Å². The van der Waals surface area contributed by atoms with Crippen molar-refractivity contribution in [3.63, 3.8) is 0 Å². The van der Waals surface area contributed by atoms with Crippen molar-refractivity contribution in [3.05, 3.63) is 77.2 Å². The molecule has 0 spiro atoms. The van der Waals surface area contributed by atoms with Gasteiger partial charge in [-0.25, -0.2) is 9.67 Å². The van der Waals surface area contributed by atoms with Crippen molar-refractivity contribution in [1.82, 2.24) is 29.4 Å². The maximum absolute atomic E-state index is 9.82. The maximum atomic E-state index is 9.82. The zero-order valence-electron chi connectivity index (χ0n) is 21.5. The normalized spacial score (nSPS) is 14.5. The van der Waals surface area contributed by atoms with E-state index in [4.69, 9.17) is 11.6 Å². The van der Waals surface area contributed by atoms with Gasteiger partial charge in [0.1, 0.15) is 11.8 Å². The minimum atomic E-state index is -0.311. The highest BCUT2D eigenvalue weighted by Gasteiger charge is 2.28. The van der Waals surface area contributed by atoms with E-state index in [2.05, 4.69) is 63.8 Å². The standard InChI is InChI=1S/C28H28ClN9/c1-28(2,3)15-33-25-17(11-30)12-32-26-21(25)9-18(10-22(26)29)34-27(23-14-38(36-35-23)19-6-7-19)20-5-4-8-37-16-31-13-24(20)37/h4-5,8-10,12-14,16,19,27,34H,6-7,15H2,1-3H3,(H,32,33). The van der Waals surface area contributed by atoms with Crippen LogP contribution in [0.4, 0.5) is 11.4 Å². The van der Waals surface area contributed by atoms with E-state index in [1.807, 2.05) is 45.9 Å². The Morgan fingerprint density at radius 2 is 2.08 bits per heavy atom. The first kappa shape index (κ1) is 24.2. The molecule has 0 aliphatic heterocycles. The van der Waals surface area contributed by atoms with E-state index in [1.165, 1.54) is 0 Å². The summed E-state index contributed by atoms with van der Waals surface area (Å²) in [5.74, 6) is 0. The van der Waals surface area contributed by atoms with Crippen LogP contribution >= 0.6 is 11.6 Å². The summed E-state index contributed by atoms with van der Waals surface area (Å²) < 4.78 is 3.94. The van der Waals surface area contributed by atoms with Crippen LogP contribution in [0.1, 0.15) is 62.5 Å². The Morgan fingerprint density at radius 3 is 2.84 bits per heavy atom. The molecule has 6 rings (SSSR count). The number of fused-ring (bicyclic) bond motifs is 2. The van der Waals surface area contributed by atoms with Crippen LogP contribution in [0.3, 0.4) is 0 Å². The van der Waals surface area contributed by atoms with Crippen molar-refractivity contribution in [2.24, 2.45) is 5.41 Å². The Kier molecular flexibility index (Phi) is 5.92. The van der Waals surface area contributed by atoms with E-state index in [1.54, 1.807) is 12.5 Å². The molecular weight excluding hydrogens is 498 g/mol. The minimum Gasteiger partial charge on any atom is -0.383 e. The number of pyridine rings is 2. The topological polar surface area (TPSA) is 109 Å². The van der Waals surface area contributed by atoms with Gasteiger partial charge in [-0.3, -0.25) is 4.98 Å². The number of rotatable bonds is 7. The van der Waals surface area contributed by atoms with Crippen molar-refractivity contribution in [2.45, 2.75) is 45.7 Å². The van der Waals surface area contributed by atoms with Crippen LogP contribution in [-0.2, 0) is 0 Å². The van der Waals surface area contributed by atoms with E-state index >= 15 is 0 Å². The second-order valence-electron chi connectivity index (χ2n) is 11.0. The van der Waals surface area contributed by atoms with Gasteiger partial charge in [0.25, 0.3) is 0 Å². The van der Waals surface area contributed by atoms with E-state index in [0.717, 1.165) is 46.4 Å². The van der Waals surface area contributed by atoms with Gasteiger partial charge in [0.05, 0.1) is 58.1 Å². The molecule has 4 aromatic heterocycles. The molecule has 9 nitrogen and oxygen atoms in total. The molecule has 5 aromatic rings. The number of hydrogen-bond acceptors (Lipinski definition) is 7.